The Labute approximate surface area is 347 Å². The van der Waals surface area contributed by atoms with Crippen LogP contribution < -0.4 is 15.6 Å². The molecule has 16 heteroatoms. The van der Waals surface area contributed by atoms with E-state index in [1.54, 1.807) is 7.11 Å². The number of benzene rings is 1. The molecule has 1 aliphatic carbocycles. The number of piperazine rings is 1. The van der Waals surface area contributed by atoms with Crippen molar-refractivity contribution in [2.75, 3.05) is 58.4 Å². The van der Waals surface area contributed by atoms with Crippen LogP contribution >= 0.6 is 11.3 Å². The van der Waals surface area contributed by atoms with Gasteiger partial charge >= 0.3 is 5.97 Å². The van der Waals surface area contributed by atoms with E-state index < -0.39 is 49.0 Å². The number of esters is 1. The normalized spacial score (nSPS) is 25.7. The first-order valence-corrected chi connectivity index (χ1v) is 21.6. The molecule has 6 bridgehead atoms. The lowest BCUT2D eigenvalue weighted by Gasteiger charge is -2.35. The number of aromatic nitrogens is 3. The quantitative estimate of drug-likeness (QED) is 0.231. The van der Waals surface area contributed by atoms with Crippen molar-refractivity contribution < 1.29 is 32.6 Å². The first-order valence-electron chi connectivity index (χ1n) is 20.8. The molecule has 6 heterocycles. The third-order valence-corrected chi connectivity index (χ3v) is 13.7. The molecular formula is C43H54F2N8O5S. The summed E-state index contributed by atoms with van der Waals surface area (Å²) >= 11 is 1.37. The number of halogens is 2. The van der Waals surface area contributed by atoms with E-state index in [-0.39, 0.29) is 36.6 Å². The number of amides is 2. The number of nitrogens with one attached hydrogen (secondary N) is 2. The fourth-order valence-electron chi connectivity index (χ4n) is 8.94. The number of alkyl halides is 2. The van der Waals surface area contributed by atoms with Gasteiger partial charge in [0.15, 0.2) is 6.61 Å². The van der Waals surface area contributed by atoms with E-state index in [1.165, 1.54) is 16.3 Å². The third-order valence-electron chi connectivity index (χ3n) is 12.8. The number of anilines is 1. The van der Waals surface area contributed by atoms with Crippen molar-refractivity contribution >= 4 is 45.7 Å². The Morgan fingerprint density at radius 3 is 2.61 bits per heavy atom. The molecule has 6 atom stereocenters. The van der Waals surface area contributed by atoms with Crippen molar-refractivity contribution in [3.63, 3.8) is 0 Å². The van der Waals surface area contributed by atoms with Gasteiger partial charge in [0.2, 0.25) is 5.91 Å². The number of fused-ring (bicyclic) bond motifs is 6. The maximum absolute atomic E-state index is 16.6. The van der Waals surface area contributed by atoms with Crippen LogP contribution in [-0.2, 0) is 43.2 Å². The van der Waals surface area contributed by atoms with Crippen molar-refractivity contribution in [3.05, 3.63) is 52.1 Å². The molecule has 1 unspecified atom stereocenters. The highest BCUT2D eigenvalue weighted by molar-refractivity contribution is 7.10. The minimum Gasteiger partial charge on any atom is -0.458 e. The molecule has 4 aliphatic rings. The molecule has 3 fully saturated rings. The number of ether oxygens (including phenoxy) is 2. The first-order chi connectivity index (χ1) is 28.3. The Morgan fingerprint density at radius 2 is 1.90 bits per heavy atom. The standard InChI is InChI=1S/C43H54F2N8O5S/c1-7-52-35-11-10-27-17-29(35)31(39(52)30-18-28(21-46-38(30)26(4)57-6)51-15-13-50(5)14-16-51)20-43(44,45)23-58-42(56)32-9-8-12-53(49-32)41(55)33(19-36-47-34(27)22-59-36)48-40(54)37-24(2)25(37)3/h10-11,17-18,21-22,24-26,32-33,37,49H,7-9,12-16,19-20,23H2,1-6H3,(H,48,54)/t24-,25+,26-,32-,33-,37?/m0/s1. The number of rotatable bonds is 7. The topological polar surface area (TPSA) is 134 Å². The van der Waals surface area contributed by atoms with Crippen LogP contribution in [0.4, 0.5) is 14.5 Å². The van der Waals surface area contributed by atoms with Crippen LogP contribution in [-0.4, -0.2) is 114 Å². The van der Waals surface area contributed by atoms with Crippen LogP contribution in [0.3, 0.4) is 0 Å². The second-order valence-electron chi connectivity index (χ2n) is 16.7. The summed E-state index contributed by atoms with van der Waals surface area (Å²) in [7, 11) is 3.70. The van der Waals surface area contributed by atoms with Gasteiger partial charge in [-0.05, 0) is 69.3 Å². The molecule has 1 saturated carbocycles. The second kappa shape index (κ2) is 16.5. The molecule has 0 spiro atoms. The number of carbonyl (C=O) groups is 3. The van der Waals surface area contributed by atoms with E-state index in [1.807, 2.05) is 57.5 Å². The Kier molecular flexibility index (Phi) is 11.5. The zero-order valence-corrected chi connectivity index (χ0v) is 35.4. The maximum atomic E-state index is 16.6. The molecule has 2 N–H and O–H groups in total. The predicted octanol–water partition coefficient (Wildman–Crippen LogP) is 5.47. The molecule has 13 nitrogen and oxygen atoms in total. The van der Waals surface area contributed by atoms with Crippen molar-refractivity contribution in [3.8, 4) is 22.5 Å². The molecule has 2 saturated heterocycles. The molecular weight excluding hydrogens is 779 g/mol. The zero-order valence-electron chi connectivity index (χ0n) is 34.6. The van der Waals surface area contributed by atoms with E-state index in [4.69, 9.17) is 19.4 Å². The molecule has 4 aromatic rings. The molecule has 316 valence electrons. The number of likely N-dealkylation sites (N-methyl/N-ethyl adjacent to an activating group) is 1. The van der Waals surface area contributed by atoms with E-state index in [0.29, 0.717) is 58.0 Å². The Morgan fingerprint density at radius 1 is 1.14 bits per heavy atom. The van der Waals surface area contributed by atoms with Gasteiger partial charge in [-0.3, -0.25) is 24.4 Å². The SMILES string of the molecule is CCn1c(-c2cc(N3CCN(C)CC3)cnc2[C@H](C)OC)c2c3cc(ccc31)-c1csc(n1)C[C@H](NC(=O)C1[C@@H](C)[C@H]1C)C(=O)N1CCC[C@H](N1)C(=O)OCC(F)(F)C2. The van der Waals surface area contributed by atoms with E-state index in [0.717, 1.165) is 42.9 Å². The number of cyclic esters (lactones) is 1. The molecule has 0 radical (unpaired) electrons. The minimum atomic E-state index is -3.47. The summed E-state index contributed by atoms with van der Waals surface area (Å²) < 4.78 is 46.4. The largest absolute Gasteiger partial charge is 0.458 e. The fourth-order valence-corrected chi connectivity index (χ4v) is 9.79. The minimum absolute atomic E-state index is 0.144. The number of hydrogen-bond donors (Lipinski definition) is 2. The van der Waals surface area contributed by atoms with Gasteiger partial charge in [-0.15, -0.1) is 11.3 Å². The number of nitrogens with zero attached hydrogens (tertiary/aromatic N) is 6. The van der Waals surface area contributed by atoms with Gasteiger partial charge < -0.3 is 29.2 Å². The van der Waals surface area contributed by atoms with Crippen LogP contribution in [0.2, 0.25) is 0 Å². The summed E-state index contributed by atoms with van der Waals surface area (Å²) in [6, 6.07) is 5.87. The Bertz CT molecular complexity index is 2230. The van der Waals surface area contributed by atoms with Crippen molar-refractivity contribution in [1.29, 1.82) is 0 Å². The highest BCUT2D eigenvalue weighted by atomic mass is 32.1. The summed E-state index contributed by atoms with van der Waals surface area (Å²) in [6.07, 6.45) is 1.57. The summed E-state index contributed by atoms with van der Waals surface area (Å²) in [5, 5.41) is 7.46. The lowest BCUT2D eigenvalue weighted by atomic mass is 9.96. The number of aryl methyl sites for hydroxylation is 1. The number of carbonyl (C=O) groups excluding carboxylic acids is 3. The lowest BCUT2D eigenvalue weighted by molar-refractivity contribution is -0.162. The van der Waals surface area contributed by atoms with Gasteiger partial charge in [0.1, 0.15) is 12.1 Å². The molecule has 2 amide bonds. The number of thiazole rings is 1. The van der Waals surface area contributed by atoms with Gasteiger partial charge in [0, 0.05) is 92.5 Å². The Hall–Kier alpha value is -4.51. The fraction of sp³-hybridized carbons (Fsp3) is 0.558. The van der Waals surface area contributed by atoms with Crippen molar-refractivity contribution in [1.82, 2.24) is 35.2 Å². The van der Waals surface area contributed by atoms with Gasteiger partial charge in [0.25, 0.3) is 11.8 Å². The molecule has 59 heavy (non-hydrogen) atoms. The smallest absolute Gasteiger partial charge is 0.325 e. The summed E-state index contributed by atoms with van der Waals surface area (Å²) in [5.74, 6) is -4.74. The predicted molar refractivity (Wildman–Crippen MR) is 222 cm³/mol. The molecule has 3 aromatic heterocycles. The van der Waals surface area contributed by atoms with E-state index in [9.17, 15) is 14.4 Å². The van der Waals surface area contributed by atoms with Gasteiger partial charge in [-0.2, -0.15) is 0 Å². The third kappa shape index (κ3) is 8.20. The number of pyridine rings is 1. The van der Waals surface area contributed by atoms with Crippen LogP contribution in [0.25, 0.3) is 33.4 Å². The average molecular weight is 833 g/mol. The number of methoxy groups -OCH3 is 1. The van der Waals surface area contributed by atoms with Crippen LogP contribution in [0, 0.1) is 17.8 Å². The highest BCUT2D eigenvalue weighted by Crippen LogP contribution is 2.46. The van der Waals surface area contributed by atoms with Crippen LogP contribution in [0.5, 0.6) is 0 Å². The lowest BCUT2D eigenvalue weighted by Crippen LogP contribution is -2.60. The Balaban J connectivity index is 1.26. The van der Waals surface area contributed by atoms with Crippen LogP contribution in [0.1, 0.15) is 62.9 Å². The highest BCUT2D eigenvalue weighted by Gasteiger charge is 2.49. The van der Waals surface area contributed by atoms with Crippen LogP contribution in [0.15, 0.2) is 35.8 Å². The van der Waals surface area contributed by atoms with Crippen molar-refractivity contribution in [2.45, 2.75) is 84.0 Å². The number of hydrazine groups is 1. The molecule has 3 aliphatic heterocycles. The average Bonchev–Trinajstić information content (AvgIpc) is 3.50. The van der Waals surface area contributed by atoms with Crippen molar-refractivity contribution in [2.24, 2.45) is 17.8 Å². The number of hydrogen-bond acceptors (Lipinski definition) is 11. The molecule has 1 aromatic carbocycles. The first kappa shape index (κ1) is 41.2. The maximum Gasteiger partial charge on any atom is 0.325 e. The monoisotopic (exact) mass is 832 g/mol. The van der Waals surface area contributed by atoms with Gasteiger partial charge in [-0.1, -0.05) is 19.9 Å². The van der Waals surface area contributed by atoms with E-state index in [2.05, 4.69) is 38.2 Å². The second-order valence-corrected chi connectivity index (χ2v) is 17.6. The summed E-state index contributed by atoms with van der Waals surface area (Å²) in [4.78, 5) is 55.4. The van der Waals surface area contributed by atoms with Gasteiger partial charge in [-0.25, -0.2) is 19.2 Å². The van der Waals surface area contributed by atoms with E-state index >= 15 is 8.78 Å². The summed E-state index contributed by atoms with van der Waals surface area (Å²) in [6.45, 7) is 10.9. The zero-order chi connectivity index (χ0) is 41.7. The molecule has 8 rings (SSSR count). The summed E-state index contributed by atoms with van der Waals surface area (Å²) in [5.41, 5.74) is 8.32. The van der Waals surface area contributed by atoms with Gasteiger partial charge in [0.05, 0.1) is 40.1 Å².